The van der Waals surface area contributed by atoms with E-state index in [1.165, 1.54) is 18.2 Å². The molecule has 37 heavy (non-hydrogen) atoms. The number of aliphatic hydroxyl groups is 1. The molecule has 0 spiro atoms. The van der Waals surface area contributed by atoms with Gasteiger partial charge in [0.15, 0.2) is 5.60 Å². The highest BCUT2D eigenvalue weighted by atomic mass is 79.9. The first-order valence-electron chi connectivity index (χ1n) is 11.6. The van der Waals surface area contributed by atoms with E-state index in [1.54, 1.807) is 0 Å². The lowest BCUT2D eigenvalue weighted by Gasteiger charge is -2.43. The van der Waals surface area contributed by atoms with E-state index in [0.717, 1.165) is 36.9 Å². The Morgan fingerprint density at radius 3 is 2.30 bits per heavy atom. The maximum Gasteiger partial charge on any atom is 0.416 e. The maximum atomic E-state index is 14.2. The number of carboxylic acid groups (broad SMARTS) is 1. The Balaban J connectivity index is 0.00000380. The van der Waals surface area contributed by atoms with Crippen molar-refractivity contribution in [3.05, 3.63) is 62.6 Å². The van der Waals surface area contributed by atoms with Crippen LogP contribution in [-0.2, 0) is 16.6 Å². The van der Waals surface area contributed by atoms with Crippen LogP contribution in [0.3, 0.4) is 0 Å². The number of carbonyl (C=O) groups is 2. The monoisotopic (exact) mass is 624 g/mol. The first kappa shape index (κ1) is 29.7. The number of halogens is 6. The third-order valence-corrected chi connectivity index (χ3v) is 7.73. The van der Waals surface area contributed by atoms with Gasteiger partial charge in [0.1, 0.15) is 0 Å². The summed E-state index contributed by atoms with van der Waals surface area (Å²) in [6.45, 7) is 5.83. The van der Waals surface area contributed by atoms with Gasteiger partial charge in [0.2, 0.25) is 0 Å². The molecule has 4 rings (SSSR count). The van der Waals surface area contributed by atoms with Crippen LogP contribution in [0.5, 0.6) is 0 Å². The van der Waals surface area contributed by atoms with Gasteiger partial charge in [0, 0.05) is 33.8 Å². The number of nitrogens with zero attached hydrogens (tertiary/aromatic N) is 2. The Hall–Kier alpha value is -1.85. The summed E-state index contributed by atoms with van der Waals surface area (Å²) in [5.41, 5.74) is -6.09. The molecule has 2 aromatic rings. The molecule has 1 heterocycles. The smallest absolute Gasteiger partial charge is 0.416 e. The second-order valence-electron chi connectivity index (χ2n) is 9.18. The number of rotatable bonds is 7. The molecule has 1 atom stereocenters. The Morgan fingerprint density at radius 1 is 1.16 bits per heavy atom. The highest BCUT2D eigenvalue weighted by molar-refractivity contribution is 8.93. The van der Waals surface area contributed by atoms with Crippen molar-refractivity contribution >= 4 is 57.7 Å². The SMILES string of the molecule is Br.CCN(CC)C1CC(CN2C(=O)C(O)(c3ccc(Cl)cc3Cl)c3c2cc(C(=O)O)cc3C(F)(F)F)C1. The van der Waals surface area contributed by atoms with Crippen molar-refractivity contribution in [3.8, 4) is 0 Å². The number of alkyl halides is 3. The summed E-state index contributed by atoms with van der Waals surface area (Å²) in [5, 5.41) is 21.2. The fourth-order valence-electron chi connectivity index (χ4n) is 5.34. The molecule has 0 radical (unpaired) electrons. The molecule has 0 saturated heterocycles. The minimum absolute atomic E-state index is 0. The molecule has 2 aromatic carbocycles. The summed E-state index contributed by atoms with van der Waals surface area (Å²) < 4.78 is 42.7. The van der Waals surface area contributed by atoms with E-state index >= 15 is 0 Å². The minimum Gasteiger partial charge on any atom is -0.478 e. The lowest BCUT2D eigenvalue weighted by atomic mass is 9.78. The van der Waals surface area contributed by atoms with Crippen LogP contribution >= 0.6 is 40.2 Å². The van der Waals surface area contributed by atoms with Crippen molar-refractivity contribution in [2.24, 2.45) is 5.92 Å². The minimum atomic E-state index is -5.05. The summed E-state index contributed by atoms with van der Waals surface area (Å²) in [6, 6.07) is 5.49. The van der Waals surface area contributed by atoms with Gasteiger partial charge < -0.3 is 20.0 Å². The number of carboxylic acids is 1. The summed E-state index contributed by atoms with van der Waals surface area (Å²) >= 11 is 12.2. The molecule has 0 aromatic heterocycles. The normalized spacial score (nSPS) is 23.1. The molecule has 1 aliphatic carbocycles. The molecule has 2 N–H and O–H groups in total. The van der Waals surface area contributed by atoms with Crippen LogP contribution in [-0.4, -0.2) is 52.7 Å². The first-order chi connectivity index (χ1) is 16.8. The number of benzene rings is 2. The second kappa shape index (κ2) is 10.7. The molecule has 12 heteroatoms. The molecule has 1 fully saturated rings. The van der Waals surface area contributed by atoms with Crippen molar-refractivity contribution in [3.63, 3.8) is 0 Å². The zero-order valence-electron chi connectivity index (χ0n) is 20.0. The van der Waals surface area contributed by atoms with Crippen molar-refractivity contribution < 1.29 is 33.0 Å². The Bertz CT molecular complexity index is 1220. The highest BCUT2D eigenvalue weighted by Gasteiger charge is 2.57. The fraction of sp³-hybridized carbons (Fsp3) is 0.440. The van der Waals surface area contributed by atoms with Crippen LogP contribution in [0.25, 0.3) is 0 Å². The van der Waals surface area contributed by atoms with E-state index in [2.05, 4.69) is 4.90 Å². The molecule has 1 amide bonds. The summed E-state index contributed by atoms with van der Waals surface area (Å²) in [4.78, 5) is 28.8. The summed E-state index contributed by atoms with van der Waals surface area (Å²) in [7, 11) is 0. The standard InChI is InChI=1S/C25H25Cl2F3N2O4.BrH/c1-3-31(4-2)16-7-13(8-16)12-32-20-10-14(22(33)34)9-18(25(28,29)30)21(20)24(36,23(32)35)17-6-5-15(26)11-19(17)27;/h5-6,9-11,13,16,36H,3-4,7-8,12H2,1-2H3,(H,33,34);1H. The van der Waals surface area contributed by atoms with Crippen LogP contribution in [0.15, 0.2) is 30.3 Å². The lowest BCUT2D eigenvalue weighted by Crippen LogP contribution is -2.50. The summed E-state index contributed by atoms with van der Waals surface area (Å²) in [5.74, 6) is -2.62. The molecule has 2 aliphatic rings. The van der Waals surface area contributed by atoms with E-state index in [1.807, 2.05) is 13.8 Å². The van der Waals surface area contributed by atoms with Crippen molar-refractivity contribution in [2.45, 2.75) is 44.5 Å². The largest absolute Gasteiger partial charge is 0.478 e. The van der Waals surface area contributed by atoms with Gasteiger partial charge in [-0.1, -0.05) is 43.1 Å². The van der Waals surface area contributed by atoms with Gasteiger partial charge in [0.25, 0.3) is 5.91 Å². The van der Waals surface area contributed by atoms with E-state index in [9.17, 15) is 33.0 Å². The van der Waals surface area contributed by atoms with E-state index < -0.39 is 40.3 Å². The van der Waals surface area contributed by atoms with Crippen molar-refractivity contribution in [2.75, 3.05) is 24.5 Å². The molecule has 1 unspecified atom stereocenters. The van der Waals surface area contributed by atoms with Crippen LogP contribution in [0.1, 0.15) is 53.7 Å². The summed E-state index contributed by atoms with van der Waals surface area (Å²) in [6.07, 6.45) is -3.60. The molecule has 1 aliphatic heterocycles. The topological polar surface area (TPSA) is 81.1 Å². The van der Waals surface area contributed by atoms with Gasteiger partial charge in [0.05, 0.1) is 16.8 Å². The van der Waals surface area contributed by atoms with Crippen molar-refractivity contribution in [1.82, 2.24) is 4.90 Å². The number of fused-ring (bicyclic) bond motifs is 1. The first-order valence-corrected chi connectivity index (χ1v) is 12.3. The highest BCUT2D eigenvalue weighted by Crippen LogP contribution is 2.52. The van der Waals surface area contributed by atoms with Gasteiger partial charge in [-0.2, -0.15) is 13.2 Å². The number of hydrogen-bond acceptors (Lipinski definition) is 4. The third kappa shape index (κ3) is 5.11. The number of amides is 1. The van der Waals surface area contributed by atoms with Gasteiger partial charge in [-0.3, -0.25) is 4.79 Å². The van der Waals surface area contributed by atoms with Gasteiger partial charge in [-0.05, 0) is 56.1 Å². The molecule has 1 saturated carbocycles. The molecular formula is C25H26BrCl2F3N2O4. The average molecular weight is 626 g/mol. The van der Waals surface area contributed by atoms with E-state index in [-0.39, 0.29) is 50.7 Å². The Morgan fingerprint density at radius 2 is 1.78 bits per heavy atom. The number of anilines is 1. The predicted molar refractivity (Wildman–Crippen MR) is 140 cm³/mol. The maximum absolute atomic E-state index is 14.2. The average Bonchev–Trinajstić information content (AvgIpc) is 2.98. The fourth-order valence-corrected chi connectivity index (χ4v) is 5.88. The zero-order valence-corrected chi connectivity index (χ0v) is 23.2. The molecule has 0 bridgehead atoms. The van der Waals surface area contributed by atoms with Crippen molar-refractivity contribution in [1.29, 1.82) is 0 Å². The van der Waals surface area contributed by atoms with Crippen LogP contribution in [0, 0.1) is 5.92 Å². The van der Waals surface area contributed by atoms with E-state index in [4.69, 9.17) is 23.2 Å². The quantitative estimate of drug-likeness (QED) is 0.395. The molecule has 202 valence electrons. The third-order valence-electron chi connectivity index (χ3n) is 7.18. The number of carbonyl (C=O) groups excluding carboxylic acids is 1. The predicted octanol–water partition coefficient (Wildman–Crippen LogP) is 5.99. The van der Waals surface area contributed by atoms with Gasteiger partial charge in [-0.25, -0.2) is 4.79 Å². The molecule has 6 nitrogen and oxygen atoms in total. The lowest BCUT2D eigenvalue weighted by molar-refractivity contribution is -0.142. The van der Waals surface area contributed by atoms with Crippen LogP contribution in [0.4, 0.5) is 18.9 Å². The van der Waals surface area contributed by atoms with E-state index in [0.29, 0.717) is 12.1 Å². The number of hydrogen-bond donors (Lipinski definition) is 2. The second-order valence-corrected chi connectivity index (χ2v) is 10.0. The van der Waals surface area contributed by atoms with Crippen LogP contribution < -0.4 is 4.90 Å². The molecular weight excluding hydrogens is 600 g/mol. The van der Waals surface area contributed by atoms with Gasteiger partial charge >= 0.3 is 12.1 Å². The Kier molecular flexibility index (Phi) is 8.61. The number of aromatic carboxylic acids is 1. The van der Waals surface area contributed by atoms with Gasteiger partial charge in [-0.15, -0.1) is 17.0 Å². The van der Waals surface area contributed by atoms with Crippen LogP contribution in [0.2, 0.25) is 10.0 Å². The Labute approximate surface area is 232 Å². The zero-order chi connectivity index (χ0) is 26.6.